The number of carboxylic acid groups (broad SMARTS) is 1. The molecule has 0 atom stereocenters. The van der Waals surface area contributed by atoms with E-state index in [0.717, 1.165) is 13.8 Å². The van der Waals surface area contributed by atoms with Crippen LogP contribution < -0.4 is 14.9 Å². The molecule has 0 saturated heterocycles. The lowest BCUT2D eigenvalue weighted by Gasteiger charge is -2.16. The fourth-order valence-corrected chi connectivity index (χ4v) is 2.66. The summed E-state index contributed by atoms with van der Waals surface area (Å²) >= 11 is 6.21. The van der Waals surface area contributed by atoms with Crippen LogP contribution in [0.3, 0.4) is 0 Å². The molecule has 0 spiro atoms. The van der Waals surface area contributed by atoms with Gasteiger partial charge in [0.25, 0.3) is 0 Å². The van der Waals surface area contributed by atoms with Crippen LogP contribution >= 0.6 is 11.6 Å². The second-order valence-corrected chi connectivity index (χ2v) is 5.44. The zero-order valence-corrected chi connectivity index (χ0v) is 14.3. The molecule has 0 aliphatic heterocycles. The summed E-state index contributed by atoms with van der Waals surface area (Å²) in [5.74, 6) is -3.32. The van der Waals surface area contributed by atoms with Crippen molar-refractivity contribution >= 4 is 40.4 Å². The van der Waals surface area contributed by atoms with Gasteiger partial charge in [0.2, 0.25) is 5.43 Å². The molecule has 1 aromatic heterocycles. The fraction of sp³-hybridized carbons (Fsp3) is 0.250. The molecular weight excluding hydrogens is 354 g/mol. The van der Waals surface area contributed by atoms with Gasteiger partial charge in [0.05, 0.1) is 10.9 Å². The largest absolute Gasteiger partial charge is 0.477 e. The summed E-state index contributed by atoms with van der Waals surface area (Å²) in [6, 6.07) is 1.30. The summed E-state index contributed by atoms with van der Waals surface area (Å²) in [7, 11) is 0. The number of rotatable bonds is 4. The molecule has 1 aromatic carbocycles. The second-order valence-electron chi connectivity index (χ2n) is 5.06. The summed E-state index contributed by atoms with van der Waals surface area (Å²) in [5.41, 5.74) is -1.07. The molecule has 1 N–H and O–H groups in total. The van der Waals surface area contributed by atoms with Gasteiger partial charge < -0.3 is 19.1 Å². The van der Waals surface area contributed by atoms with Gasteiger partial charge >= 0.3 is 17.9 Å². The van der Waals surface area contributed by atoms with E-state index >= 15 is 0 Å². The van der Waals surface area contributed by atoms with Crippen LogP contribution in [0.5, 0.6) is 11.5 Å². The van der Waals surface area contributed by atoms with Gasteiger partial charge in [0.15, 0.2) is 11.5 Å². The molecule has 0 amide bonds. The zero-order chi connectivity index (χ0) is 18.9. The average Bonchev–Trinajstić information content (AvgIpc) is 2.50. The van der Waals surface area contributed by atoms with Gasteiger partial charge in [-0.25, -0.2) is 4.79 Å². The minimum absolute atomic E-state index is 0.143. The number of aromatic nitrogens is 1. The van der Waals surface area contributed by atoms with Gasteiger partial charge in [0, 0.05) is 32.7 Å². The second kappa shape index (κ2) is 6.94. The number of fused-ring (bicyclic) bond motifs is 1. The van der Waals surface area contributed by atoms with E-state index < -0.39 is 28.9 Å². The number of carboxylic acids is 1. The standard InChI is InChI=1S/C16H14ClNO7/c1-4-18-6-9(16(22)23)14(21)12-10(18)5-11(24-7(2)19)15(13(12)17)25-8(3)20/h5-6H,4H2,1-3H3,(H,22,23). The van der Waals surface area contributed by atoms with E-state index in [9.17, 15) is 24.3 Å². The summed E-state index contributed by atoms with van der Waals surface area (Å²) in [6.07, 6.45) is 1.17. The van der Waals surface area contributed by atoms with E-state index in [4.69, 9.17) is 21.1 Å². The van der Waals surface area contributed by atoms with E-state index in [-0.39, 0.29) is 27.4 Å². The van der Waals surface area contributed by atoms with Crippen LogP contribution in [0.25, 0.3) is 10.9 Å². The van der Waals surface area contributed by atoms with Crippen LogP contribution in [-0.2, 0) is 16.1 Å². The lowest BCUT2D eigenvalue weighted by Crippen LogP contribution is -2.20. The van der Waals surface area contributed by atoms with Crippen molar-refractivity contribution in [2.75, 3.05) is 0 Å². The monoisotopic (exact) mass is 367 g/mol. The molecule has 0 saturated carbocycles. The smallest absolute Gasteiger partial charge is 0.341 e. The Hall–Kier alpha value is -2.87. The van der Waals surface area contributed by atoms with Crippen molar-refractivity contribution in [3.8, 4) is 11.5 Å². The lowest BCUT2D eigenvalue weighted by molar-refractivity contribution is -0.134. The molecule has 132 valence electrons. The first-order valence-electron chi connectivity index (χ1n) is 7.17. The minimum Gasteiger partial charge on any atom is -0.477 e. The number of esters is 2. The number of nitrogens with zero attached hydrogens (tertiary/aromatic N) is 1. The van der Waals surface area contributed by atoms with Crippen molar-refractivity contribution in [3.63, 3.8) is 0 Å². The van der Waals surface area contributed by atoms with E-state index in [1.54, 1.807) is 6.92 Å². The van der Waals surface area contributed by atoms with Gasteiger partial charge in [-0.2, -0.15) is 0 Å². The van der Waals surface area contributed by atoms with Crippen LogP contribution in [0.4, 0.5) is 0 Å². The maximum Gasteiger partial charge on any atom is 0.341 e. The molecule has 25 heavy (non-hydrogen) atoms. The number of pyridine rings is 1. The average molecular weight is 368 g/mol. The highest BCUT2D eigenvalue weighted by atomic mass is 35.5. The van der Waals surface area contributed by atoms with Crippen LogP contribution in [0.2, 0.25) is 5.02 Å². The molecule has 0 bridgehead atoms. The van der Waals surface area contributed by atoms with Gasteiger partial charge in [0.1, 0.15) is 10.6 Å². The van der Waals surface area contributed by atoms with E-state index in [0.29, 0.717) is 6.54 Å². The number of hydrogen-bond donors (Lipinski definition) is 1. The SMILES string of the molecule is CCn1cc(C(=O)O)c(=O)c2c(Cl)c(OC(C)=O)c(OC(C)=O)cc21. The summed E-state index contributed by atoms with van der Waals surface area (Å²) in [6.45, 7) is 4.31. The predicted molar refractivity (Wildman–Crippen MR) is 88.5 cm³/mol. The Morgan fingerprint density at radius 2 is 1.80 bits per heavy atom. The third-order valence-corrected chi connectivity index (χ3v) is 3.66. The first-order valence-corrected chi connectivity index (χ1v) is 7.54. The van der Waals surface area contributed by atoms with Gasteiger partial charge in [-0.05, 0) is 6.92 Å². The number of carbonyl (C=O) groups excluding carboxylic acids is 2. The van der Waals surface area contributed by atoms with Crippen molar-refractivity contribution in [1.29, 1.82) is 0 Å². The predicted octanol–water partition coefficient (Wildman–Crippen LogP) is 2.22. The number of benzene rings is 1. The van der Waals surface area contributed by atoms with Crippen molar-refractivity contribution in [2.24, 2.45) is 0 Å². The molecule has 2 rings (SSSR count). The van der Waals surface area contributed by atoms with E-state index in [1.807, 2.05) is 0 Å². The summed E-state index contributed by atoms with van der Waals surface area (Å²) in [5, 5.41) is 8.76. The van der Waals surface area contributed by atoms with Crippen LogP contribution in [0, 0.1) is 0 Å². The van der Waals surface area contributed by atoms with Crippen LogP contribution in [-0.4, -0.2) is 27.6 Å². The molecule has 0 unspecified atom stereocenters. The maximum atomic E-state index is 12.5. The van der Waals surface area contributed by atoms with Crippen LogP contribution in [0.15, 0.2) is 17.1 Å². The Morgan fingerprint density at radius 3 is 2.28 bits per heavy atom. The van der Waals surface area contributed by atoms with Gasteiger partial charge in [-0.15, -0.1) is 0 Å². The number of halogens is 1. The quantitative estimate of drug-likeness (QED) is 0.651. The van der Waals surface area contributed by atoms with E-state index in [1.165, 1.54) is 16.8 Å². The van der Waals surface area contributed by atoms with Crippen molar-refractivity contribution in [2.45, 2.75) is 27.3 Å². The van der Waals surface area contributed by atoms with Crippen LogP contribution in [0.1, 0.15) is 31.1 Å². The van der Waals surface area contributed by atoms with E-state index in [2.05, 4.69) is 0 Å². The minimum atomic E-state index is -1.41. The highest BCUT2D eigenvalue weighted by Crippen LogP contribution is 2.40. The number of aryl methyl sites for hydroxylation is 1. The first kappa shape index (κ1) is 18.5. The van der Waals surface area contributed by atoms with Crippen molar-refractivity contribution in [3.05, 3.63) is 33.1 Å². The summed E-state index contributed by atoms with van der Waals surface area (Å²) in [4.78, 5) is 46.4. The molecule has 2 aromatic rings. The Bertz CT molecular complexity index is 961. The molecule has 0 aliphatic rings. The molecule has 0 radical (unpaired) electrons. The van der Waals surface area contributed by atoms with Crippen molar-refractivity contribution in [1.82, 2.24) is 4.57 Å². The number of hydrogen-bond acceptors (Lipinski definition) is 6. The summed E-state index contributed by atoms with van der Waals surface area (Å²) < 4.78 is 11.5. The molecule has 1 heterocycles. The Balaban J connectivity index is 2.99. The maximum absolute atomic E-state index is 12.5. The lowest BCUT2D eigenvalue weighted by atomic mass is 10.1. The fourth-order valence-electron chi connectivity index (χ4n) is 2.34. The van der Waals surface area contributed by atoms with Gasteiger partial charge in [-0.3, -0.25) is 14.4 Å². The molecule has 0 fully saturated rings. The topological polar surface area (TPSA) is 112 Å². The highest BCUT2D eigenvalue weighted by Gasteiger charge is 2.24. The third-order valence-electron chi connectivity index (χ3n) is 3.30. The highest BCUT2D eigenvalue weighted by molar-refractivity contribution is 6.37. The zero-order valence-electron chi connectivity index (χ0n) is 13.6. The molecule has 9 heteroatoms. The number of ether oxygens (including phenoxy) is 2. The Morgan fingerprint density at radius 1 is 1.20 bits per heavy atom. The Labute approximate surface area is 146 Å². The van der Waals surface area contributed by atoms with Crippen molar-refractivity contribution < 1.29 is 29.0 Å². The molecule has 8 nitrogen and oxygen atoms in total. The number of aromatic carboxylic acids is 1. The normalized spacial score (nSPS) is 10.6. The molecule has 0 aliphatic carbocycles. The third kappa shape index (κ3) is 3.48. The number of carbonyl (C=O) groups is 3. The molecular formula is C16H14ClNO7. The Kier molecular flexibility index (Phi) is 5.13. The van der Waals surface area contributed by atoms with Gasteiger partial charge in [-0.1, -0.05) is 11.6 Å². The first-order chi connectivity index (χ1) is 11.7.